The van der Waals surface area contributed by atoms with Crippen LogP contribution in [0.4, 0.5) is 0 Å². The van der Waals surface area contributed by atoms with Gasteiger partial charge in [-0.1, -0.05) is 60.7 Å². The van der Waals surface area contributed by atoms with Gasteiger partial charge in [0.15, 0.2) is 0 Å². The van der Waals surface area contributed by atoms with E-state index in [0.29, 0.717) is 16.7 Å². The lowest BCUT2D eigenvalue weighted by Gasteiger charge is -2.15. The molecule has 0 bridgehead atoms. The molecule has 0 amide bonds. The Hall–Kier alpha value is -6.75. The third-order valence-electron chi connectivity index (χ3n) is 9.92. The highest BCUT2D eigenvalue weighted by atomic mass is 32.1. The summed E-state index contributed by atoms with van der Waals surface area (Å²) in [6, 6.07) is 52.5. The second kappa shape index (κ2) is 11.1. The first-order chi connectivity index (χ1) is 25.1. The third-order valence-corrected chi connectivity index (χ3v) is 12.5. The van der Waals surface area contributed by atoms with Crippen molar-refractivity contribution in [1.29, 1.82) is 15.8 Å². The molecule has 4 nitrogen and oxygen atoms in total. The molecular weight excluding hydrogens is 661 g/mol. The number of thiophene rings is 2. The molecule has 0 aliphatic rings. The molecule has 51 heavy (non-hydrogen) atoms. The first-order valence-corrected chi connectivity index (χ1v) is 18.1. The van der Waals surface area contributed by atoms with E-state index in [9.17, 15) is 15.8 Å². The summed E-state index contributed by atoms with van der Waals surface area (Å²) in [5.41, 5.74) is 8.91. The zero-order valence-electron chi connectivity index (χ0n) is 26.8. The van der Waals surface area contributed by atoms with Crippen LogP contribution in [0.3, 0.4) is 0 Å². The lowest BCUT2D eigenvalue weighted by Crippen LogP contribution is -1.99. The minimum Gasteiger partial charge on any atom is -0.309 e. The Morgan fingerprint density at radius 2 is 1.06 bits per heavy atom. The van der Waals surface area contributed by atoms with Crippen LogP contribution < -0.4 is 0 Å². The fourth-order valence-electron chi connectivity index (χ4n) is 7.57. The second-order valence-corrected chi connectivity index (χ2v) is 14.7. The number of para-hydroxylation sites is 1. The largest absolute Gasteiger partial charge is 0.309 e. The number of nitrogens with zero attached hydrogens (tertiary/aromatic N) is 4. The summed E-state index contributed by atoms with van der Waals surface area (Å²) in [5.74, 6) is 0. The van der Waals surface area contributed by atoms with Crippen molar-refractivity contribution < 1.29 is 0 Å². The van der Waals surface area contributed by atoms with Crippen LogP contribution in [0.5, 0.6) is 0 Å². The van der Waals surface area contributed by atoms with E-state index in [0.717, 1.165) is 49.7 Å². The lowest BCUT2D eigenvalue weighted by molar-refractivity contribution is 1.18. The summed E-state index contributed by atoms with van der Waals surface area (Å²) >= 11 is 3.65. The van der Waals surface area contributed by atoms with Crippen LogP contribution in [0.2, 0.25) is 0 Å². The topological polar surface area (TPSA) is 76.3 Å². The van der Waals surface area contributed by atoms with Crippen molar-refractivity contribution in [2.24, 2.45) is 0 Å². The molecule has 0 fully saturated rings. The molecule has 0 radical (unpaired) electrons. The van der Waals surface area contributed by atoms with E-state index in [1.807, 2.05) is 89.4 Å². The van der Waals surface area contributed by atoms with Crippen molar-refractivity contribution in [3.63, 3.8) is 0 Å². The van der Waals surface area contributed by atoms with Crippen LogP contribution in [0, 0.1) is 34.0 Å². The number of aromatic nitrogens is 1. The molecule has 0 aliphatic heterocycles. The molecule has 3 heterocycles. The van der Waals surface area contributed by atoms with E-state index in [2.05, 4.69) is 89.5 Å². The van der Waals surface area contributed by atoms with Gasteiger partial charge in [0.25, 0.3) is 0 Å². The summed E-state index contributed by atoms with van der Waals surface area (Å²) in [7, 11) is 0. The number of benzene rings is 7. The quantitative estimate of drug-likeness (QED) is 0.186. The summed E-state index contributed by atoms with van der Waals surface area (Å²) < 4.78 is 7.22. The highest BCUT2D eigenvalue weighted by molar-refractivity contribution is 7.33. The second-order valence-electron chi connectivity index (χ2n) is 12.6. The zero-order valence-corrected chi connectivity index (χ0v) is 28.4. The van der Waals surface area contributed by atoms with E-state index < -0.39 is 0 Å². The molecule has 0 saturated heterocycles. The zero-order chi connectivity index (χ0) is 34.2. The van der Waals surface area contributed by atoms with Gasteiger partial charge >= 0.3 is 0 Å². The van der Waals surface area contributed by atoms with E-state index in [-0.39, 0.29) is 0 Å². The fourth-order valence-corrected chi connectivity index (χ4v) is 10.1. The van der Waals surface area contributed by atoms with E-state index in [1.54, 1.807) is 0 Å². The first-order valence-electron chi connectivity index (χ1n) is 16.4. The molecule has 0 atom stereocenters. The number of nitriles is 3. The molecule has 10 rings (SSSR count). The van der Waals surface area contributed by atoms with Crippen LogP contribution in [0.1, 0.15) is 16.7 Å². The predicted octanol–water partition coefficient (Wildman–Crippen LogP) is 12.5. The maximum Gasteiger partial charge on any atom is 0.0998 e. The molecule has 234 valence electrons. The minimum absolute atomic E-state index is 0.607. The van der Waals surface area contributed by atoms with Crippen LogP contribution in [-0.4, -0.2) is 4.57 Å². The third kappa shape index (κ3) is 4.34. The summed E-state index contributed by atoms with van der Waals surface area (Å²) in [6.07, 6.45) is 0. The van der Waals surface area contributed by atoms with Crippen LogP contribution in [0.25, 0.3) is 90.1 Å². The van der Waals surface area contributed by atoms with Crippen molar-refractivity contribution in [2.75, 3.05) is 0 Å². The Morgan fingerprint density at radius 1 is 0.431 bits per heavy atom. The lowest BCUT2D eigenvalue weighted by atomic mass is 9.96. The van der Waals surface area contributed by atoms with Gasteiger partial charge in [-0.15, -0.1) is 22.7 Å². The molecule has 3 aromatic heterocycles. The van der Waals surface area contributed by atoms with Crippen LogP contribution in [-0.2, 0) is 0 Å². The van der Waals surface area contributed by atoms with Gasteiger partial charge in [-0.3, -0.25) is 0 Å². The number of fused-ring (bicyclic) bond motifs is 10. The standard InChI is InChI=1S/C45H22N4S2/c46-23-26-8-11-28(12-9-26)29-13-18-41-36(21-29)33-15-16-34-37-22-30(14-19-42(37)51-45(34)44(33)50-41)43-31(25-48)4-3-7-40(43)49-38-6-2-1-5-32(38)35-20-27(24-47)10-17-39(35)49/h1-22H. The fraction of sp³-hybridized carbons (Fsp3) is 0. The van der Waals surface area contributed by atoms with Gasteiger partial charge in [0.05, 0.1) is 61.0 Å². The molecule has 0 saturated carbocycles. The molecule has 7 aromatic carbocycles. The van der Waals surface area contributed by atoms with Gasteiger partial charge in [0, 0.05) is 47.3 Å². The van der Waals surface area contributed by atoms with Crippen molar-refractivity contribution in [3.05, 3.63) is 150 Å². The van der Waals surface area contributed by atoms with Crippen LogP contribution in [0.15, 0.2) is 133 Å². The monoisotopic (exact) mass is 682 g/mol. The molecule has 0 aliphatic carbocycles. The molecule has 0 N–H and O–H groups in total. The Morgan fingerprint density at radius 3 is 1.76 bits per heavy atom. The van der Waals surface area contributed by atoms with Crippen molar-refractivity contribution in [1.82, 2.24) is 4.57 Å². The number of hydrogen-bond donors (Lipinski definition) is 0. The highest BCUT2D eigenvalue weighted by Crippen LogP contribution is 2.46. The molecule has 6 heteroatoms. The van der Waals surface area contributed by atoms with Crippen molar-refractivity contribution >= 4 is 84.8 Å². The first kappa shape index (κ1) is 29.2. The molecule has 10 aromatic rings. The van der Waals surface area contributed by atoms with E-state index in [1.165, 1.54) is 40.3 Å². The summed E-state index contributed by atoms with van der Waals surface area (Å²) in [6.45, 7) is 0. The Balaban J connectivity index is 1.17. The minimum atomic E-state index is 0.607. The van der Waals surface area contributed by atoms with Gasteiger partial charge in [0.1, 0.15) is 0 Å². The van der Waals surface area contributed by atoms with Gasteiger partial charge < -0.3 is 4.57 Å². The average Bonchev–Trinajstić information content (AvgIpc) is 3.86. The smallest absolute Gasteiger partial charge is 0.0998 e. The molecular formula is C45H22N4S2. The Kier molecular flexibility index (Phi) is 6.38. The van der Waals surface area contributed by atoms with Gasteiger partial charge in [0.2, 0.25) is 0 Å². The number of hydrogen-bond acceptors (Lipinski definition) is 5. The summed E-state index contributed by atoms with van der Waals surface area (Å²) in [5, 5.41) is 36.3. The summed E-state index contributed by atoms with van der Waals surface area (Å²) in [4.78, 5) is 0. The van der Waals surface area contributed by atoms with Crippen LogP contribution >= 0.6 is 22.7 Å². The Labute approximate surface area is 300 Å². The van der Waals surface area contributed by atoms with Gasteiger partial charge in [-0.05, 0) is 89.5 Å². The van der Waals surface area contributed by atoms with Crippen molar-refractivity contribution in [2.45, 2.75) is 0 Å². The van der Waals surface area contributed by atoms with E-state index in [4.69, 9.17) is 0 Å². The van der Waals surface area contributed by atoms with Gasteiger partial charge in [-0.2, -0.15) is 15.8 Å². The van der Waals surface area contributed by atoms with Crippen molar-refractivity contribution in [3.8, 4) is 46.1 Å². The molecule has 0 unspecified atom stereocenters. The highest BCUT2D eigenvalue weighted by Gasteiger charge is 2.20. The normalized spacial score (nSPS) is 11.5. The Bertz CT molecular complexity index is 3230. The maximum absolute atomic E-state index is 10.4. The SMILES string of the molecule is N#Cc1ccc(-c2ccc3sc4c(ccc5c6cc(-c7c(C#N)cccc7-n7c8ccccc8c8cc(C#N)ccc87)ccc6sc54)c3c2)cc1. The average molecular weight is 683 g/mol. The maximum atomic E-state index is 10.4. The number of rotatable bonds is 3. The predicted molar refractivity (Wildman–Crippen MR) is 212 cm³/mol. The molecule has 0 spiro atoms. The van der Waals surface area contributed by atoms with Gasteiger partial charge in [-0.25, -0.2) is 0 Å². The van der Waals surface area contributed by atoms with E-state index >= 15 is 0 Å².